The number of carbonyl (C=O) groups is 2. The van der Waals surface area contributed by atoms with Crippen LogP contribution < -0.4 is 10.6 Å². The first-order chi connectivity index (χ1) is 13.6. The molecule has 0 aliphatic carbocycles. The standard InChI is InChI=1S/C22H27N3O2S/c1-15(26)18-11-19(23-12-18)22(27)24-13-20(16-5-3-2-4-6-16)25-9-7-21-17(14-25)8-10-28-21/h2-6,8,10,18-20,23H,7,9,11-14H2,1H3,(H,24,27). The van der Waals surface area contributed by atoms with Gasteiger partial charge in [0.05, 0.1) is 12.1 Å². The van der Waals surface area contributed by atoms with E-state index >= 15 is 0 Å². The quantitative estimate of drug-likeness (QED) is 0.786. The van der Waals surface area contributed by atoms with Crippen molar-refractivity contribution in [1.29, 1.82) is 0 Å². The Kier molecular flexibility index (Phi) is 5.90. The van der Waals surface area contributed by atoms with Gasteiger partial charge in [-0.05, 0) is 42.3 Å². The van der Waals surface area contributed by atoms with E-state index in [0.717, 1.165) is 19.5 Å². The molecular weight excluding hydrogens is 370 g/mol. The molecule has 0 spiro atoms. The van der Waals surface area contributed by atoms with Crippen molar-refractivity contribution >= 4 is 23.0 Å². The highest BCUT2D eigenvalue weighted by molar-refractivity contribution is 7.10. The maximum absolute atomic E-state index is 12.7. The van der Waals surface area contributed by atoms with E-state index in [1.54, 1.807) is 6.92 Å². The molecule has 4 rings (SSSR count). The van der Waals surface area contributed by atoms with E-state index in [1.807, 2.05) is 17.4 Å². The number of Topliss-reactive ketones (excluding diaryl/α,β-unsaturated/α-hetero) is 1. The number of carbonyl (C=O) groups excluding carboxylic acids is 2. The molecule has 0 saturated carbocycles. The lowest BCUT2D eigenvalue weighted by Crippen LogP contribution is -2.45. The van der Waals surface area contributed by atoms with Gasteiger partial charge in [-0.3, -0.25) is 14.5 Å². The largest absolute Gasteiger partial charge is 0.353 e. The van der Waals surface area contributed by atoms with E-state index in [2.05, 4.69) is 51.2 Å². The van der Waals surface area contributed by atoms with Crippen LogP contribution in [-0.2, 0) is 22.6 Å². The summed E-state index contributed by atoms with van der Waals surface area (Å²) in [6.45, 7) is 4.69. The zero-order chi connectivity index (χ0) is 19.5. The molecule has 148 valence electrons. The van der Waals surface area contributed by atoms with Crippen molar-refractivity contribution in [2.45, 2.75) is 38.4 Å². The van der Waals surface area contributed by atoms with Crippen LogP contribution in [0.25, 0.3) is 0 Å². The molecule has 1 aromatic carbocycles. The van der Waals surface area contributed by atoms with Crippen LogP contribution in [0.5, 0.6) is 0 Å². The van der Waals surface area contributed by atoms with Gasteiger partial charge in [0, 0.05) is 37.0 Å². The molecule has 0 radical (unpaired) electrons. The van der Waals surface area contributed by atoms with E-state index in [1.165, 1.54) is 16.0 Å². The number of ketones is 1. The predicted molar refractivity (Wildman–Crippen MR) is 111 cm³/mol. The Morgan fingerprint density at radius 2 is 2.11 bits per heavy atom. The molecule has 2 aromatic rings. The number of nitrogens with zero attached hydrogens (tertiary/aromatic N) is 1. The fourth-order valence-electron chi connectivity index (χ4n) is 4.23. The minimum Gasteiger partial charge on any atom is -0.353 e. The SMILES string of the molecule is CC(=O)C1CNC(C(=O)NCC(c2ccccc2)N2CCc3sccc3C2)C1. The molecule has 1 amide bonds. The van der Waals surface area contributed by atoms with Gasteiger partial charge in [0.25, 0.3) is 0 Å². The number of nitrogens with one attached hydrogen (secondary N) is 2. The molecule has 1 aromatic heterocycles. The number of hydrogen-bond acceptors (Lipinski definition) is 5. The molecule has 1 saturated heterocycles. The normalized spacial score (nSPS) is 23.2. The van der Waals surface area contributed by atoms with E-state index in [4.69, 9.17) is 0 Å². The van der Waals surface area contributed by atoms with Gasteiger partial charge in [-0.15, -0.1) is 11.3 Å². The summed E-state index contributed by atoms with van der Waals surface area (Å²) in [6, 6.07) is 12.5. The molecular formula is C22H27N3O2S. The van der Waals surface area contributed by atoms with Gasteiger partial charge in [-0.25, -0.2) is 0 Å². The summed E-state index contributed by atoms with van der Waals surface area (Å²) in [6.07, 6.45) is 1.66. The minimum atomic E-state index is -0.268. The van der Waals surface area contributed by atoms with Crippen LogP contribution in [0.4, 0.5) is 0 Å². The summed E-state index contributed by atoms with van der Waals surface area (Å²) in [5, 5.41) is 8.51. The molecule has 5 nitrogen and oxygen atoms in total. The summed E-state index contributed by atoms with van der Waals surface area (Å²) in [4.78, 5) is 28.2. The Bertz CT molecular complexity index is 835. The second kappa shape index (κ2) is 8.55. The number of thiophene rings is 1. The summed E-state index contributed by atoms with van der Waals surface area (Å²) in [5.41, 5.74) is 2.63. The second-order valence-corrected chi connectivity index (χ2v) is 8.77. The fourth-order valence-corrected chi connectivity index (χ4v) is 5.12. The fraction of sp³-hybridized carbons (Fsp3) is 0.455. The van der Waals surface area contributed by atoms with Gasteiger partial charge < -0.3 is 10.6 Å². The third kappa shape index (κ3) is 4.19. The highest BCUT2D eigenvalue weighted by Crippen LogP contribution is 2.30. The molecule has 2 aliphatic rings. The summed E-state index contributed by atoms with van der Waals surface area (Å²) < 4.78 is 0. The van der Waals surface area contributed by atoms with Crippen molar-refractivity contribution in [3.8, 4) is 0 Å². The topological polar surface area (TPSA) is 61.4 Å². The van der Waals surface area contributed by atoms with E-state index in [-0.39, 0.29) is 29.7 Å². The van der Waals surface area contributed by atoms with Crippen molar-refractivity contribution in [2.24, 2.45) is 5.92 Å². The average molecular weight is 398 g/mol. The van der Waals surface area contributed by atoms with Crippen molar-refractivity contribution in [1.82, 2.24) is 15.5 Å². The predicted octanol–water partition coefficient (Wildman–Crippen LogP) is 2.53. The first-order valence-electron chi connectivity index (χ1n) is 9.97. The molecule has 3 heterocycles. The van der Waals surface area contributed by atoms with Gasteiger partial charge in [0.1, 0.15) is 5.78 Å². The minimum absolute atomic E-state index is 0.00193. The number of hydrogen-bond donors (Lipinski definition) is 2. The summed E-state index contributed by atoms with van der Waals surface area (Å²) >= 11 is 1.84. The molecule has 3 atom stereocenters. The smallest absolute Gasteiger partial charge is 0.237 e. The lowest BCUT2D eigenvalue weighted by Gasteiger charge is -2.35. The van der Waals surface area contributed by atoms with Crippen molar-refractivity contribution in [2.75, 3.05) is 19.6 Å². The Morgan fingerprint density at radius 3 is 2.86 bits per heavy atom. The van der Waals surface area contributed by atoms with E-state index in [0.29, 0.717) is 19.5 Å². The molecule has 3 unspecified atom stereocenters. The highest BCUT2D eigenvalue weighted by Gasteiger charge is 2.32. The first-order valence-corrected chi connectivity index (χ1v) is 10.9. The van der Waals surface area contributed by atoms with Crippen LogP contribution in [-0.4, -0.2) is 42.3 Å². The van der Waals surface area contributed by atoms with E-state index < -0.39 is 0 Å². The molecule has 28 heavy (non-hydrogen) atoms. The second-order valence-electron chi connectivity index (χ2n) is 7.77. The lowest BCUT2D eigenvalue weighted by molar-refractivity contribution is -0.123. The van der Waals surface area contributed by atoms with Crippen LogP contribution in [0.3, 0.4) is 0 Å². The zero-order valence-electron chi connectivity index (χ0n) is 16.2. The maximum atomic E-state index is 12.7. The summed E-state index contributed by atoms with van der Waals surface area (Å²) in [5.74, 6) is 0.113. The Labute approximate surface area is 170 Å². The van der Waals surface area contributed by atoms with Crippen molar-refractivity contribution in [3.63, 3.8) is 0 Å². The Hall–Kier alpha value is -2.02. The highest BCUT2D eigenvalue weighted by atomic mass is 32.1. The average Bonchev–Trinajstić information content (AvgIpc) is 3.38. The number of fused-ring (bicyclic) bond motifs is 1. The van der Waals surface area contributed by atoms with Gasteiger partial charge in [0.15, 0.2) is 0 Å². The molecule has 1 fully saturated rings. The summed E-state index contributed by atoms with van der Waals surface area (Å²) in [7, 11) is 0. The molecule has 0 bridgehead atoms. The number of rotatable bonds is 6. The maximum Gasteiger partial charge on any atom is 0.237 e. The van der Waals surface area contributed by atoms with Crippen molar-refractivity contribution < 1.29 is 9.59 Å². The van der Waals surface area contributed by atoms with Gasteiger partial charge in [-0.1, -0.05) is 30.3 Å². The van der Waals surface area contributed by atoms with Crippen LogP contribution in [0.1, 0.15) is 35.4 Å². The third-order valence-electron chi connectivity index (χ3n) is 5.95. The van der Waals surface area contributed by atoms with Crippen LogP contribution >= 0.6 is 11.3 Å². The van der Waals surface area contributed by atoms with Gasteiger partial charge in [-0.2, -0.15) is 0 Å². The third-order valence-corrected chi connectivity index (χ3v) is 6.98. The lowest BCUT2D eigenvalue weighted by atomic mass is 10.00. The van der Waals surface area contributed by atoms with Crippen LogP contribution in [0.2, 0.25) is 0 Å². The molecule has 2 aliphatic heterocycles. The van der Waals surface area contributed by atoms with Crippen molar-refractivity contribution in [3.05, 3.63) is 57.8 Å². The monoisotopic (exact) mass is 397 g/mol. The molecule has 2 N–H and O–H groups in total. The first kappa shape index (κ1) is 19.3. The van der Waals surface area contributed by atoms with Gasteiger partial charge in [0.2, 0.25) is 5.91 Å². The number of benzene rings is 1. The Balaban J connectivity index is 1.43. The zero-order valence-corrected chi connectivity index (χ0v) is 17.0. The number of amides is 1. The Morgan fingerprint density at radius 1 is 1.29 bits per heavy atom. The van der Waals surface area contributed by atoms with Crippen LogP contribution in [0, 0.1) is 5.92 Å². The van der Waals surface area contributed by atoms with Gasteiger partial charge >= 0.3 is 0 Å². The van der Waals surface area contributed by atoms with E-state index in [9.17, 15) is 9.59 Å². The van der Waals surface area contributed by atoms with Crippen LogP contribution in [0.15, 0.2) is 41.8 Å². The molecule has 6 heteroatoms.